The molecule has 3 rings (SSSR count). The first-order valence-corrected chi connectivity index (χ1v) is 7.39. The molecule has 1 saturated heterocycles. The van der Waals surface area contributed by atoms with Gasteiger partial charge in [0.05, 0.1) is 5.88 Å². The Morgan fingerprint density at radius 1 is 1.22 bits per heavy atom. The number of benzene rings is 1. The predicted molar refractivity (Wildman–Crippen MR) is 73.6 cm³/mol. The van der Waals surface area contributed by atoms with Gasteiger partial charge in [-0.25, -0.2) is 4.39 Å². The molecule has 3 heteroatoms. The van der Waals surface area contributed by atoms with Crippen LogP contribution < -0.4 is 4.90 Å². The average molecular weight is 268 g/mol. The van der Waals surface area contributed by atoms with E-state index in [-0.39, 0.29) is 11.7 Å². The summed E-state index contributed by atoms with van der Waals surface area (Å²) in [6.07, 6.45) is 5.40. The first-order valence-electron chi connectivity index (χ1n) is 6.86. The van der Waals surface area contributed by atoms with Crippen LogP contribution in [0.15, 0.2) is 18.2 Å². The summed E-state index contributed by atoms with van der Waals surface area (Å²) in [6, 6.07) is 5.32. The third kappa shape index (κ3) is 2.23. The van der Waals surface area contributed by atoms with Crippen molar-refractivity contribution in [3.63, 3.8) is 0 Å². The smallest absolute Gasteiger partial charge is 0.129 e. The fraction of sp³-hybridized carbons (Fsp3) is 0.600. The Morgan fingerprint density at radius 2 is 1.94 bits per heavy atom. The van der Waals surface area contributed by atoms with E-state index in [4.69, 9.17) is 11.6 Å². The quantitative estimate of drug-likeness (QED) is 0.726. The van der Waals surface area contributed by atoms with E-state index >= 15 is 0 Å². The van der Waals surface area contributed by atoms with Gasteiger partial charge < -0.3 is 4.90 Å². The standard InChI is InChI=1S/C15H19ClFN/c16-8-13-14(17)5-2-6-15(13)18-9-11-3-1-4-12(7-11)10-18/h2,5-6,11-12H,1,3-4,7-10H2. The first kappa shape index (κ1) is 12.3. The second kappa shape index (κ2) is 5.08. The fourth-order valence-electron chi connectivity index (χ4n) is 3.60. The molecule has 1 aliphatic heterocycles. The van der Waals surface area contributed by atoms with E-state index in [1.807, 2.05) is 6.07 Å². The van der Waals surface area contributed by atoms with Gasteiger partial charge in [-0.15, -0.1) is 11.6 Å². The van der Waals surface area contributed by atoms with E-state index in [1.54, 1.807) is 6.07 Å². The van der Waals surface area contributed by atoms with Crippen molar-refractivity contribution in [3.05, 3.63) is 29.6 Å². The minimum absolute atomic E-state index is 0.168. The van der Waals surface area contributed by atoms with Crippen molar-refractivity contribution >= 4 is 17.3 Å². The summed E-state index contributed by atoms with van der Waals surface area (Å²) in [7, 11) is 0. The Labute approximate surface area is 113 Å². The number of rotatable bonds is 2. The van der Waals surface area contributed by atoms with Gasteiger partial charge >= 0.3 is 0 Å². The highest BCUT2D eigenvalue weighted by atomic mass is 35.5. The zero-order chi connectivity index (χ0) is 12.5. The minimum Gasteiger partial charge on any atom is -0.371 e. The Balaban J connectivity index is 1.88. The van der Waals surface area contributed by atoms with Crippen molar-refractivity contribution < 1.29 is 4.39 Å². The van der Waals surface area contributed by atoms with Crippen LogP contribution in [-0.2, 0) is 5.88 Å². The number of hydrogen-bond acceptors (Lipinski definition) is 1. The highest BCUT2D eigenvalue weighted by Crippen LogP contribution is 2.37. The average Bonchev–Trinajstić information content (AvgIpc) is 2.38. The Morgan fingerprint density at radius 3 is 2.61 bits per heavy atom. The van der Waals surface area contributed by atoms with Crippen molar-refractivity contribution in [1.82, 2.24) is 0 Å². The van der Waals surface area contributed by atoms with Crippen LogP contribution in [0.3, 0.4) is 0 Å². The first-order chi connectivity index (χ1) is 8.78. The van der Waals surface area contributed by atoms with Crippen molar-refractivity contribution in [2.45, 2.75) is 31.6 Å². The molecule has 0 spiro atoms. The molecule has 1 nitrogen and oxygen atoms in total. The van der Waals surface area contributed by atoms with Gasteiger partial charge in [0.25, 0.3) is 0 Å². The fourth-order valence-corrected chi connectivity index (χ4v) is 3.87. The van der Waals surface area contributed by atoms with Crippen LogP contribution in [0.5, 0.6) is 0 Å². The Kier molecular flexibility index (Phi) is 3.47. The van der Waals surface area contributed by atoms with Crippen molar-refractivity contribution in [3.8, 4) is 0 Å². The molecule has 18 heavy (non-hydrogen) atoms. The van der Waals surface area contributed by atoms with Crippen LogP contribution in [0, 0.1) is 17.7 Å². The highest BCUT2D eigenvalue weighted by molar-refractivity contribution is 6.17. The van der Waals surface area contributed by atoms with E-state index in [0.29, 0.717) is 5.56 Å². The molecule has 1 saturated carbocycles. The van der Waals surface area contributed by atoms with E-state index < -0.39 is 0 Å². The molecular weight excluding hydrogens is 249 g/mol. The normalized spacial score (nSPS) is 27.3. The lowest BCUT2D eigenvalue weighted by molar-refractivity contribution is 0.231. The van der Waals surface area contributed by atoms with Gasteiger partial charge in [0.15, 0.2) is 0 Å². The Hall–Kier alpha value is -0.760. The number of nitrogens with zero attached hydrogens (tertiary/aromatic N) is 1. The van der Waals surface area contributed by atoms with Crippen LogP contribution in [-0.4, -0.2) is 13.1 Å². The van der Waals surface area contributed by atoms with E-state index in [9.17, 15) is 4.39 Å². The zero-order valence-corrected chi connectivity index (χ0v) is 11.3. The molecule has 2 unspecified atom stereocenters. The second-order valence-corrected chi connectivity index (χ2v) is 5.94. The van der Waals surface area contributed by atoms with Crippen molar-refractivity contribution in [2.24, 2.45) is 11.8 Å². The molecule has 1 aliphatic carbocycles. The third-order valence-electron chi connectivity index (χ3n) is 4.42. The second-order valence-electron chi connectivity index (χ2n) is 5.67. The Bertz CT molecular complexity index is 423. The number of anilines is 1. The number of fused-ring (bicyclic) bond motifs is 2. The molecule has 1 aromatic carbocycles. The highest BCUT2D eigenvalue weighted by Gasteiger charge is 2.31. The summed E-state index contributed by atoms with van der Waals surface area (Å²) in [6.45, 7) is 2.15. The summed E-state index contributed by atoms with van der Waals surface area (Å²) >= 11 is 5.91. The molecule has 2 atom stereocenters. The van der Waals surface area contributed by atoms with Crippen LogP contribution in [0.2, 0.25) is 0 Å². The molecule has 98 valence electrons. The molecule has 0 radical (unpaired) electrons. The van der Waals surface area contributed by atoms with Crippen LogP contribution in [0.4, 0.5) is 10.1 Å². The molecule has 1 aromatic rings. The summed E-state index contributed by atoms with van der Waals surface area (Å²) in [5.74, 6) is 1.68. The van der Waals surface area contributed by atoms with Crippen LogP contribution in [0.25, 0.3) is 0 Å². The summed E-state index contributed by atoms with van der Waals surface area (Å²) in [5, 5.41) is 0. The van der Waals surface area contributed by atoms with E-state index in [1.165, 1.54) is 31.7 Å². The van der Waals surface area contributed by atoms with Gasteiger partial charge in [-0.05, 0) is 43.2 Å². The van der Waals surface area contributed by atoms with E-state index in [0.717, 1.165) is 30.6 Å². The van der Waals surface area contributed by atoms with Crippen LogP contribution in [0.1, 0.15) is 31.2 Å². The SMILES string of the molecule is Fc1cccc(N2CC3CCCC(C3)C2)c1CCl. The summed E-state index contributed by atoms with van der Waals surface area (Å²) < 4.78 is 13.8. The molecule has 0 N–H and O–H groups in total. The number of hydrogen-bond donors (Lipinski definition) is 0. The molecular formula is C15H19ClFN. The lowest BCUT2D eigenvalue weighted by Gasteiger charge is -2.43. The third-order valence-corrected chi connectivity index (χ3v) is 4.68. The zero-order valence-electron chi connectivity index (χ0n) is 10.5. The molecule has 2 aliphatic rings. The summed E-state index contributed by atoms with van der Waals surface area (Å²) in [4.78, 5) is 2.36. The topological polar surface area (TPSA) is 3.24 Å². The maximum atomic E-state index is 13.8. The molecule has 1 heterocycles. The van der Waals surface area contributed by atoms with Gasteiger partial charge in [0, 0.05) is 24.3 Å². The van der Waals surface area contributed by atoms with Gasteiger partial charge in [0.2, 0.25) is 0 Å². The summed E-state index contributed by atoms with van der Waals surface area (Å²) in [5.41, 5.74) is 1.68. The van der Waals surface area contributed by atoms with Crippen LogP contribution >= 0.6 is 11.6 Å². The molecule has 0 aromatic heterocycles. The molecule has 2 bridgehead atoms. The van der Waals surface area contributed by atoms with Crippen molar-refractivity contribution in [1.29, 1.82) is 0 Å². The van der Waals surface area contributed by atoms with Gasteiger partial charge in [-0.1, -0.05) is 12.5 Å². The maximum Gasteiger partial charge on any atom is 0.129 e. The lowest BCUT2D eigenvalue weighted by Crippen LogP contribution is -2.43. The predicted octanol–water partition coefficient (Wildman–Crippen LogP) is 4.19. The maximum absolute atomic E-state index is 13.8. The van der Waals surface area contributed by atoms with Crippen molar-refractivity contribution in [2.75, 3.05) is 18.0 Å². The number of piperidine rings is 1. The lowest BCUT2D eigenvalue weighted by atomic mass is 9.77. The van der Waals surface area contributed by atoms with Gasteiger partial charge in [-0.2, -0.15) is 0 Å². The monoisotopic (exact) mass is 267 g/mol. The molecule has 2 fully saturated rings. The number of halogens is 2. The number of alkyl halides is 1. The molecule has 0 amide bonds. The van der Waals surface area contributed by atoms with E-state index in [2.05, 4.69) is 4.90 Å². The minimum atomic E-state index is -0.168. The largest absolute Gasteiger partial charge is 0.371 e. The van der Waals surface area contributed by atoms with Gasteiger partial charge in [0.1, 0.15) is 5.82 Å². The van der Waals surface area contributed by atoms with Gasteiger partial charge in [-0.3, -0.25) is 0 Å².